The molecule has 0 radical (unpaired) electrons. The summed E-state index contributed by atoms with van der Waals surface area (Å²) in [6.07, 6.45) is 5.28. The maximum atomic E-state index is 15.1. The molecule has 0 aliphatic carbocycles. The quantitative estimate of drug-likeness (QED) is 0.0953. The summed E-state index contributed by atoms with van der Waals surface area (Å²) < 4.78 is 34.9. The zero-order chi connectivity index (χ0) is 65.9. The number of methoxy groups -OCH3 is 2. The summed E-state index contributed by atoms with van der Waals surface area (Å²) in [6.45, 7) is 8.87. The highest BCUT2D eigenvalue weighted by atomic mass is 16.5. The van der Waals surface area contributed by atoms with Gasteiger partial charge in [-0.05, 0) is 132 Å². The second-order valence-corrected chi connectivity index (χ2v) is 24.5. The lowest BCUT2D eigenvalue weighted by molar-refractivity contribution is -0.165. The molecule has 4 aromatic rings. The van der Waals surface area contributed by atoms with E-state index < -0.39 is 114 Å². The van der Waals surface area contributed by atoms with E-state index >= 15 is 4.79 Å². The highest BCUT2D eigenvalue weighted by Gasteiger charge is 2.43. The van der Waals surface area contributed by atoms with Crippen molar-refractivity contribution in [1.29, 1.82) is 0 Å². The van der Waals surface area contributed by atoms with E-state index in [0.717, 1.165) is 10.8 Å². The molecule has 6 amide bonds. The molecule has 6 rings (SSSR count). The van der Waals surface area contributed by atoms with Crippen LogP contribution in [-0.2, 0) is 70.2 Å². The van der Waals surface area contributed by atoms with E-state index in [-0.39, 0.29) is 69.0 Å². The molecule has 1 fully saturated rings. The number of nitrogens with one attached hydrogen (secondary N) is 2. The zero-order valence-corrected chi connectivity index (χ0v) is 53.9. The third-order valence-corrected chi connectivity index (χ3v) is 16.2. The lowest BCUT2D eigenvalue weighted by atomic mass is 9.87. The smallest absolute Gasteiger partial charge is 0.330 e. The van der Waals surface area contributed by atoms with Crippen molar-refractivity contribution in [3.8, 4) is 23.0 Å². The average molecular weight is 1250 g/mol. The summed E-state index contributed by atoms with van der Waals surface area (Å²) in [5, 5.41) is 18.8. The fourth-order valence-corrected chi connectivity index (χ4v) is 10.6. The lowest BCUT2D eigenvalue weighted by Crippen LogP contribution is -2.59. The number of benzene rings is 4. The van der Waals surface area contributed by atoms with Crippen LogP contribution in [0.3, 0.4) is 0 Å². The van der Waals surface area contributed by atoms with E-state index in [1.54, 1.807) is 70.3 Å². The third-order valence-electron chi connectivity index (χ3n) is 16.2. The molecule has 22 heteroatoms. The molecule has 2 aliphatic rings. The highest BCUT2D eigenvalue weighted by molar-refractivity contribution is 6.38. The maximum absolute atomic E-state index is 15.1. The Hall–Kier alpha value is -8.53. The molecule has 4 aromatic carbocycles. The third kappa shape index (κ3) is 19.5. The van der Waals surface area contributed by atoms with Crippen molar-refractivity contribution in [3.05, 3.63) is 108 Å². The van der Waals surface area contributed by atoms with Gasteiger partial charge in [0.1, 0.15) is 42.6 Å². The number of likely N-dealkylation sites (N-methyl/N-ethyl adjacent to an activating group) is 3. The Morgan fingerprint density at radius 2 is 1.51 bits per heavy atom. The number of amides is 6. The molecule has 5 atom stereocenters. The highest BCUT2D eigenvalue weighted by Crippen LogP contribution is 2.40. The van der Waals surface area contributed by atoms with Crippen LogP contribution in [0.15, 0.2) is 91.0 Å². The number of rotatable bonds is 12. The van der Waals surface area contributed by atoms with Gasteiger partial charge in [0, 0.05) is 46.7 Å². The van der Waals surface area contributed by atoms with Gasteiger partial charge in [-0.15, -0.1) is 0 Å². The molecular formula is C68H90N6O16. The average Bonchev–Trinajstić information content (AvgIpc) is 1.11. The van der Waals surface area contributed by atoms with Crippen molar-refractivity contribution in [1.82, 2.24) is 30.2 Å². The second-order valence-electron chi connectivity index (χ2n) is 24.5. The fraction of sp³-hybridized carbons (Fsp3) is 0.515. The van der Waals surface area contributed by atoms with Crippen molar-refractivity contribution in [3.63, 3.8) is 0 Å². The van der Waals surface area contributed by atoms with Crippen molar-refractivity contribution < 1.29 is 76.7 Å². The number of aromatic hydroxyl groups is 1. The predicted molar refractivity (Wildman–Crippen MR) is 336 cm³/mol. The number of ketones is 1. The van der Waals surface area contributed by atoms with Crippen LogP contribution in [0.4, 0.5) is 0 Å². The first-order chi connectivity index (χ1) is 42.8. The van der Waals surface area contributed by atoms with Gasteiger partial charge in [0.25, 0.3) is 11.8 Å². The largest absolute Gasteiger partial charge is 0.504 e. The number of allylic oxidation sites excluding steroid dienone is 1. The van der Waals surface area contributed by atoms with Crippen molar-refractivity contribution >= 4 is 63.9 Å². The van der Waals surface area contributed by atoms with E-state index in [2.05, 4.69) is 10.6 Å². The van der Waals surface area contributed by atoms with Gasteiger partial charge in [-0.3, -0.25) is 33.6 Å². The van der Waals surface area contributed by atoms with Gasteiger partial charge in [-0.2, -0.15) is 0 Å². The number of ether oxygens (including phenoxy) is 6. The summed E-state index contributed by atoms with van der Waals surface area (Å²) in [5.41, 5.74) is -0.692. The first kappa shape index (κ1) is 70.6. The van der Waals surface area contributed by atoms with Gasteiger partial charge in [0.15, 0.2) is 18.1 Å². The van der Waals surface area contributed by atoms with Crippen molar-refractivity contribution in [2.24, 2.45) is 5.41 Å². The van der Waals surface area contributed by atoms with Gasteiger partial charge in [0.2, 0.25) is 35.2 Å². The Morgan fingerprint density at radius 3 is 2.22 bits per heavy atom. The molecule has 0 spiro atoms. The molecule has 2 heterocycles. The number of Topliss-reactive ketones (excluding diaryl/α,β-unsaturated/α-hetero) is 1. The number of cyclic esters (lactones) is 2. The SMILES string of the molecule is CCCC[C@H]1C(=O)N[C@@H](Cc2ccc3ccccc3c2)C(=O)N(C)[C@@H](COC(C)(C)C)C(=O)NCC(=O)N(C)CCC/C=C/C(=O)OCC(C)(C)C(=O)C(=O)N2CCCC[C@H]2C(=O)O[C@H](CCc2ccc(OC)c(OC)c2O)c2cccc(c2)OCC(=O)N1C. The molecular weight excluding hydrogens is 1160 g/mol. The van der Waals surface area contributed by atoms with Gasteiger partial charge in [0.05, 0.1) is 38.4 Å². The second kappa shape index (κ2) is 32.8. The lowest BCUT2D eigenvalue weighted by Gasteiger charge is -2.36. The van der Waals surface area contributed by atoms with Crippen LogP contribution < -0.4 is 24.8 Å². The Bertz CT molecular complexity index is 3230. The number of aryl methyl sites for hydroxylation is 1. The number of esters is 2. The normalized spacial score (nSPS) is 21.9. The van der Waals surface area contributed by atoms with E-state index in [0.29, 0.717) is 61.0 Å². The summed E-state index contributed by atoms with van der Waals surface area (Å²) in [7, 11) is 7.30. The molecule has 2 bridgehead atoms. The molecule has 1 saturated heterocycles. The predicted octanol–water partition coefficient (Wildman–Crippen LogP) is 6.99. The molecule has 0 aromatic heterocycles. The Kier molecular flexibility index (Phi) is 25.7. The van der Waals surface area contributed by atoms with E-state index in [4.69, 9.17) is 28.4 Å². The van der Waals surface area contributed by atoms with Gasteiger partial charge in [-0.1, -0.05) is 86.5 Å². The van der Waals surface area contributed by atoms with E-state index in [1.807, 2.05) is 49.4 Å². The van der Waals surface area contributed by atoms with Crippen LogP contribution in [0, 0.1) is 5.41 Å². The van der Waals surface area contributed by atoms with Crippen LogP contribution in [0.5, 0.6) is 23.0 Å². The number of carbonyl (C=O) groups excluding carboxylic acids is 9. The molecule has 2 aliphatic heterocycles. The maximum Gasteiger partial charge on any atom is 0.330 e. The van der Waals surface area contributed by atoms with Crippen molar-refractivity contribution in [2.75, 3.05) is 74.8 Å². The Morgan fingerprint density at radius 1 is 0.767 bits per heavy atom. The minimum Gasteiger partial charge on any atom is -0.504 e. The number of hydrogen-bond acceptors (Lipinski definition) is 16. The van der Waals surface area contributed by atoms with Gasteiger partial charge < -0.3 is 63.8 Å². The number of unbranched alkanes of at least 4 members (excludes halogenated alkanes) is 1. The van der Waals surface area contributed by atoms with Gasteiger partial charge in [-0.25, -0.2) is 9.59 Å². The Balaban J connectivity index is 1.35. The molecule has 0 saturated carbocycles. The van der Waals surface area contributed by atoms with E-state index in [1.165, 1.54) is 67.8 Å². The molecule has 3 N–H and O–H groups in total. The number of phenolic OH excluding ortho intramolecular Hbond substituents is 1. The molecule has 22 nitrogen and oxygen atoms in total. The van der Waals surface area contributed by atoms with Crippen LogP contribution in [0.2, 0.25) is 0 Å². The monoisotopic (exact) mass is 1250 g/mol. The number of phenols is 1. The number of piperidine rings is 1. The first-order valence-corrected chi connectivity index (χ1v) is 30.8. The first-order valence-electron chi connectivity index (χ1n) is 30.8. The topological polar surface area (TPSA) is 266 Å². The van der Waals surface area contributed by atoms with Crippen molar-refractivity contribution in [2.45, 2.75) is 148 Å². The minimum atomic E-state index is -1.50. The summed E-state index contributed by atoms with van der Waals surface area (Å²) >= 11 is 0. The number of nitrogens with zero attached hydrogens (tertiary/aromatic N) is 4. The standard InChI is InChI=1S/C68H90N6O16/c1-12-13-26-51-63(81)70-50(38-44-29-30-45-22-16-17-23-47(45)37-44)64(82)73(9)53(41-89-67(2,3)4)62(80)69-40-56(75)71(7)35-19-14-15-28-58(77)88-43-68(5,6)61(79)65(83)74-36-20-18-27-52(74)66(84)90-54(33-31-46-32-34-55(85-10)60(86-11)59(46)78)48-24-21-25-49(39-48)87-42-57(76)72(51)8/h15-17,21-25,28-30,32,34,37,39,50-54,78H,12-14,18-20,26-27,31,33,35-36,38,40-43H2,1-11H3,(H,69,80)(H,70,81)/b28-15+/t50-,51-,52-,53-,54+/m0/s1. The number of carbonyl (C=O) groups is 9. The molecule has 90 heavy (non-hydrogen) atoms. The van der Waals surface area contributed by atoms with E-state index in [9.17, 15) is 43.5 Å². The number of hydrogen-bond donors (Lipinski definition) is 3. The summed E-state index contributed by atoms with van der Waals surface area (Å²) in [5.74, 6) is -5.96. The minimum absolute atomic E-state index is 0.00781. The molecule has 488 valence electrons. The molecule has 0 unspecified atom stereocenters. The van der Waals surface area contributed by atoms with Crippen LogP contribution in [0.25, 0.3) is 10.8 Å². The van der Waals surface area contributed by atoms with Crippen LogP contribution in [0.1, 0.15) is 122 Å². The van der Waals surface area contributed by atoms with Crippen LogP contribution in [-0.4, -0.2) is 182 Å². The van der Waals surface area contributed by atoms with Crippen LogP contribution >= 0.6 is 0 Å². The Labute approximate surface area is 527 Å². The summed E-state index contributed by atoms with van der Waals surface area (Å²) in [4.78, 5) is 133. The van der Waals surface area contributed by atoms with Gasteiger partial charge >= 0.3 is 11.9 Å². The fourth-order valence-electron chi connectivity index (χ4n) is 10.6. The zero-order valence-electron chi connectivity index (χ0n) is 53.9. The number of fused-ring (bicyclic) bond motifs is 4. The summed E-state index contributed by atoms with van der Waals surface area (Å²) in [6, 6.07) is 18.4.